The molecule has 28 heavy (non-hydrogen) atoms. The van der Waals surface area contributed by atoms with Crippen molar-refractivity contribution in [1.29, 1.82) is 0 Å². The number of esters is 1. The van der Waals surface area contributed by atoms with Crippen molar-refractivity contribution >= 4 is 28.5 Å². The number of aromatic nitrogens is 1. The molecule has 1 aromatic heterocycles. The van der Waals surface area contributed by atoms with Crippen LogP contribution >= 0.6 is 11.6 Å². The Morgan fingerprint density at radius 2 is 2.18 bits per heavy atom. The van der Waals surface area contributed by atoms with Crippen LogP contribution in [-0.4, -0.2) is 29.2 Å². The fraction of sp³-hybridized carbons (Fsp3) is 0.286. The monoisotopic (exact) mass is 399 g/mol. The Morgan fingerprint density at radius 3 is 3.00 bits per heavy atom. The maximum Gasteiger partial charge on any atom is 0.319 e. The molecule has 2 aromatic carbocycles. The predicted molar refractivity (Wildman–Crippen MR) is 109 cm³/mol. The number of aliphatic hydroxyl groups is 1. The van der Waals surface area contributed by atoms with Crippen LogP contribution in [0.1, 0.15) is 29.8 Å². The van der Waals surface area contributed by atoms with Crippen LogP contribution in [0.2, 0.25) is 5.02 Å². The van der Waals surface area contributed by atoms with Gasteiger partial charge in [0.1, 0.15) is 6.23 Å². The first-order valence-electron chi connectivity index (χ1n) is 9.28. The van der Waals surface area contributed by atoms with Gasteiger partial charge < -0.3 is 20.1 Å². The molecule has 0 spiro atoms. The summed E-state index contributed by atoms with van der Waals surface area (Å²) < 4.78 is 4.91. The van der Waals surface area contributed by atoms with Crippen molar-refractivity contribution in [1.82, 2.24) is 15.6 Å². The van der Waals surface area contributed by atoms with Gasteiger partial charge >= 0.3 is 5.97 Å². The number of H-pyrrole nitrogens is 1. The molecule has 4 N–H and O–H groups in total. The highest BCUT2D eigenvalue weighted by Crippen LogP contribution is 2.38. The highest BCUT2D eigenvalue weighted by Gasteiger charge is 2.26. The van der Waals surface area contributed by atoms with Crippen LogP contribution in [0.15, 0.2) is 36.4 Å². The van der Waals surface area contributed by atoms with E-state index >= 15 is 0 Å². The number of aromatic amines is 1. The highest BCUT2D eigenvalue weighted by atomic mass is 35.5. The summed E-state index contributed by atoms with van der Waals surface area (Å²) in [5.41, 5.74) is 5.72. The van der Waals surface area contributed by atoms with E-state index in [4.69, 9.17) is 16.3 Å². The molecule has 0 fully saturated rings. The number of rotatable bonds is 6. The molecule has 0 amide bonds. The van der Waals surface area contributed by atoms with Gasteiger partial charge in [-0.15, -0.1) is 0 Å². The van der Waals surface area contributed by atoms with Gasteiger partial charge in [-0.1, -0.05) is 23.7 Å². The number of benzene rings is 2. The minimum absolute atomic E-state index is 0.187. The van der Waals surface area contributed by atoms with E-state index in [2.05, 4.69) is 27.8 Å². The minimum atomic E-state index is -0.724. The molecule has 0 aliphatic carbocycles. The first kappa shape index (κ1) is 19.0. The van der Waals surface area contributed by atoms with Crippen LogP contribution in [0.3, 0.4) is 0 Å². The van der Waals surface area contributed by atoms with E-state index in [9.17, 15) is 9.90 Å². The average molecular weight is 400 g/mol. The SMILES string of the molecule is CCOC(=O)CNCc1ccc2[nH]c(-c3ccc(Cl)c4c3C(O)NC4)cc2c1. The van der Waals surface area contributed by atoms with E-state index in [0.29, 0.717) is 24.7 Å². The number of nitrogens with one attached hydrogen (secondary N) is 3. The number of hydrogen-bond acceptors (Lipinski definition) is 5. The number of ether oxygens (including phenoxy) is 1. The lowest BCUT2D eigenvalue weighted by molar-refractivity contribution is -0.142. The second-order valence-electron chi connectivity index (χ2n) is 6.78. The van der Waals surface area contributed by atoms with Gasteiger partial charge in [-0.25, -0.2) is 0 Å². The molecule has 1 aliphatic rings. The molecule has 1 unspecified atom stereocenters. The molecule has 1 atom stereocenters. The van der Waals surface area contributed by atoms with Crippen molar-refractivity contribution in [3.8, 4) is 11.3 Å². The van der Waals surface area contributed by atoms with Crippen molar-refractivity contribution in [2.75, 3.05) is 13.2 Å². The molecule has 1 aliphatic heterocycles. The molecule has 2 heterocycles. The first-order chi connectivity index (χ1) is 13.6. The molecular weight excluding hydrogens is 378 g/mol. The van der Waals surface area contributed by atoms with Gasteiger partial charge in [0.2, 0.25) is 0 Å². The Balaban J connectivity index is 1.58. The molecule has 0 saturated carbocycles. The summed E-state index contributed by atoms with van der Waals surface area (Å²) in [5, 5.41) is 18.2. The van der Waals surface area contributed by atoms with Gasteiger partial charge in [-0.2, -0.15) is 0 Å². The number of hydrogen-bond donors (Lipinski definition) is 4. The van der Waals surface area contributed by atoms with Crippen molar-refractivity contribution in [2.45, 2.75) is 26.2 Å². The van der Waals surface area contributed by atoms with E-state index in [1.54, 1.807) is 6.92 Å². The van der Waals surface area contributed by atoms with E-state index < -0.39 is 6.23 Å². The second-order valence-corrected chi connectivity index (χ2v) is 7.19. The van der Waals surface area contributed by atoms with E-state index in [-0.39, 0.29) is 12.5 Å². The number of aliphatic hydroxyl groups excluding tert-OH is 1. The van der Waals surface area contributed by atoms with Gasteiger partial charge in [0, 0.05) is 45.8 Å². The molecule has 6 nitrogen and oxygen atoms in total. The topological polar surface area (TPSA) is 86.4 Å². The molecule has 3 aromatic rings. The van der Waals surface area contributed by atoms with Crippen LogP contribution in [-0.2, 0) is 22.6 Å². The van der Waals surface area contributed by atoms with Gasteiger partial charge in [-0.05, 0) is 42.3 Å². The quantitative estimate of drug-likeness (QED) is 0.478. The van der Waals surface area contributed by atoms with Crippen LogP contribution in [0, 0.1) is 0 Å². The standard InChI is InChI=1S/C21H22ClN3O3/c1-2-28-19(26)11-23-9-12-3-6-17-13(7-12)8-18(25-17)14-4-5-16(22)15-10-24-21(27)20(14)15/h3-8,21,23-25,27H,2,9-11H2,1H3. The minimum Gasteiger partial charge on any atom is -0.465 e. The second kappa shape index (κ2) is 7.93. The third kappa shape index (κ3) is 3.64. The molecule has 146 valence electrons. The van der Waals surface area contributed by atoms with Crippen molar-refractivity contribution < 1.29 is 14.6 Å². The molecule has 0 saturated heterocycles. The van der Waals surface area contributed by atoms with Crippen molar-refractivity contribution in [3.63, 3.8) is 0 Å². The normalized spacial score (nSPS) is 15.8. The molecule has 0 bridgehead atoms. The Morgan fingerprint density at radius 1 is 1.32 bits per heavy atom. The average Bonchev–Trinajstić information content (AvgIpc) is 3.27. The lowest BCUT2D eigenvalue weighted by Gasteiger charge is -2.11. The van der Waals surface area contributed by atoms with Crippen LogP contribution in [0.25, 0.3) is 22.2 Å². The summed E-state index contributed by atoms with van der Waals surface area (Å²) >= 11 is 6.28. The van der Waals surface area contributed by atoms with Gasteiger partial charge in [0.15, 0.2) is 0 Å². The van der Waals surface area contributed by atoms with Crippen LogP contribution in [0.5, 0.6) is 0 Å². The first-order valence-corrected chi connectivity index (χ1v) is 9.65. The summed E-state index contributed by atoms with van der Waals surface area (Å²) in [6, 6.07) is 12.0. The Hall–Kier alpha value is -2.38. The lowest BCUT2D eigenvalue weighted by Crippen LogP contribution is -2.24. The summed E-state index contributed by atoms with van der Waals surface area (Å²) in [7, 11) is 0. The molecular formula is C21H22ClN3O3. The molecule has 0 radical (unpaired) electrons. The van der Waals surface area contributed by atoms with Crippen molar-refractivity contribution in [3.05, 3.63) is 58.1 Å². The van der Waals surface area contributed by atoms with Gasteiger partial charge in [-0.3, -0.25) is 10.1 Å². The lowest BCUT2D eigenvalue weighted by atomic mass is 10.00. The van der Waals surface area contributed by atoms with Crippen LogP contribution < -0.4 is 10.6 Å². The van der Waals surface area contributed by atoms with E-state index in [1.807, 2.05) is 24.3 Å². The fourth-order valence-electron chi connectivity index (χ4n) is 3.62. The smallest absolute Gasteiger partial charge is 0.319 e. The third-order valence-electron chi connectivity index (χ3n) is 4.92. The van der Waals surface area contributed by atoms with Crippen molar-refractivity contribution in [2.24, 2.45) is 0 Å². The van der Waals surface area contributed by atoms with E-state index in [1.165, 1.54) is 0 Å². The zero-order chi connectivity index (χ0) is 19.7. The largest absolute Gasteiger partial charge is 0.465 e. The maximum absolute atomic E-state index is 11.4. The number of fused-ring (bicyclic) bond motifs is 2. The zero-order valence-electron chi connectivity index (χ0n) is 15.5. The highest BCUT2D eigenvalue weighted by molar-refractivity contribution is 6.31. The summed E-state index contributed by atoms with van der Waals surface area (Å²) in [6.45, 7) is 3.50. The van der Waals surface area contributed by atoms with Gasteiger partial charge in [0.05, 0.1) is 13.2 Å². The fourth-order valence-corrected chi connectivity index (χ4v) is 3.86. The Bertz CT molecular complexity index is 1030. The molecule has 7 heteroatoms. The summed E-state index contributed by atoms with van der Waals surface area (Å²) in [5.74, 6) is -0.253. The number of halogens is 1. The number of carbonyl (C=O) groups excluding carboxylic acids is 1. The predicted octanol–water partition coefficient (Wildman–Crippen LogP) is 3.24. The van der Waals surface area contributed by atoms with Gasteiger partial charge in [0.25, 0.3) is 0 Å². The zero-order valence-corrected chi connectivity index (χ0v) is 16.3. The Kier molecular flexibility index (Phi) is 5.37. The number of carbonyl (C=O) groups is 1. The molecule has 4 rings (SSSR count). The summed E-state index contributed by atoms with van der Waals surface area (Å²) in [6.07, 6.45) is -0.724. The summed E-state index contributed by atoms with van der Waals surface area (Å²) in [4.78, 5) is 14.8. The third-order valence-corrected chi connectivity index (χ3v) is 5.28. The Labute approximate surface area is 167 Å². The maximum atomic E-state index is 11.4. The van der Waals surface area contributed by atoms with Crippen LogP contribution in [0.4, 0.5) is 0 Å². The van der Waals surface area contributed by atoms with E-state index in [0.717, 1.165) is 38.9 Å².